The molecule has 1 aromatic carbocycles. The summed E-state index contributed by atoms with van der Waals surface area (Å²) in [5, 5.41) is 20.5. The van der Waals surface area contributed by atoms with Crippen LogP contribution in [0.1, 0.15) is 30.1 Å². The molecular weight excluding hydrogens is 249 g/mol. The van der Waals surface area contributed by atoms with E-state index in [0.29, 0.717) is 6.54 Å². The van der Waals surface area contributed by atoms with Gasteiger partial charge >= 0.3 is 0 Å². The summed E-state index contributed by atoms with van der Waals surface area (Å²) < 4.78 is 13.1. The van der Waals surface area contributed by atoms with Crippen LogP contribution >= 0.6 is 11.6 Å². The number of carbonyl (C=O) groups excluding carboxylic acids is 1. The van der Waals surface area contributed by atoms with Gasteiger partial charge in [0.1, 0.15) is 0 Å². The molecule has 0 radical (unpaired) electrons. The maximum Gasteiger partial charge on any atom is 0.253 e. The number of phenolic OH excluding ortho intramolecular Hbond substituents is 2. The van der Waals surface area contributed by atoms with E-state index in [9.17, 15) is 14.3 Å². The summed E-state index contributed by atoms with van der Waals surface area (Å²) in [6.45, 7) is 2.40. The number of rotatable bonds is 4. The molecule has 0 atom stereocenters. The third kappa shape index (κ3) is 3.00. The predicted molar refractivity (Wildman–Crippen MR) is 62.0 cm³/mol. The van der Waals surface area contributed by atoms with Crippen LogP contribution in [0, 0.1) is 5.82 Å². The zero-order valence-corrected chi connectivity index (χ0v) is 10.0. The second kappa shape index (κ2) is 5.72. The molecule has 0 aliphatic heterocycles. The highest BCUT2D eigenvalue weighted by Gasteiger charge is 2.20. The van der Waals surface area contributed by atoms with E-state index in [4.69, 9.17) is 16.7 Å². The molecule has 4 nitrogen and oxygen atoms in total. The molecule has 3 N–H and O–H groups in total. The van der Waals surface area contributed by atoms with Crippen molar-refractivity contribution in [3.63, 3.8) is 0 Å². The van der Waals surface area contributed by atoms with Crippen LogP contribution in [-0.2, 0) is 0 Å². The molecule has 1 amide bonds. The highest BCUT2D eigenvalue weighted by molar-refractivity contribution is 6.35. The molecule has 0 spiro atoms. The zero-order chi connectivity index (χ0) is 13.0. The molecule has 0 fully saturated rings. The quantitative estimate of drug-likeness (QED) is 0.576. The zero-order valence-electron chi connectivity index (χ0n) is 9.26. The van der Waals surface area contributed by atoms with Crippen LogP contribution in [0.2, 0.25) is 5.02 Å². The minimum Gasteiger partial charge on any atom is -0.503 e. The Morgan fingerprint density at radius 2 is 2.12 bits per heavy atom. The SMILES string of the molecule is CCCCNC(=O)c1cc(F)c(O)c(O)c1Cl. The number of nitrogens with one attached hydrogen (secondary N) is 1. The first-order valence-corrected chi connectivity index (χ1v) is 5.55. The number of unbranched alkanes of at least 4 members (excludes halogenated alkanes) is 1. The van der Waals surface area contributed by atoms with Crippen molar-refractivity contribution in [3.8, 4) is 11.5 Å². The summed E-state index contributed by atoms with van der Waals surface area (Å²) in [7, 11) is 0. The first-order chi connectivity index (χ1) is 7.99. The van der Waals surface area contributed by atoms with Gasteiger partial charge in [0.15, 0.2) is 17.3 Å². The smallest absolute Gasteiger partial charge is 0.253 e. The van der Waals surface area contributed by atoms with Crippen molar-refractivity contribution in [2.75, 3.05) is 6.54 Å². The van der Waals surface area contributed by atoms with Gasteiger partial charge in [0, 0.05) is 6.54 Å². The van der Waals surface area contributed by atoms with E-state index in [-0.39, 0.29) is 10.6 Å². The van der Waals surface area contributed by atoms with E-state index in [1.807, 2.05) is 6.92 Å². The maximum atomic E-state index is 13.1. The van der Waals surface area contributed by atoms with Gasteiger partial charge in [0.05, 0.1) is 10.6 Å². The van der Waals surface area contributed by atoms with Gasteiger partial charge in [0.25, 0.3) is 5.91 Å². The van der Waals surface area contributed by atoms with E-state index < -0.39 is 23.2 Å². The van der Waals surface area contributed by atoms with Gasteiger partial charge in [-0.05, 0) is 12.5 Å². The fourth-order valence-electron chi connectivity index (χ4n) is 1.24. The normalized spacial score (nSPS) is 10.3. The van der Waals surface area contributed by atoms with Crippen LogP contribution in [0.15, 0.2) is 6.07 Å². The summed E-state index contributed by atoms with van der Waals surface area (Å²) in [6.07, 6.45) is 1.69. The third-order valence-electron chi connectivity index (χ3n) is 2.23. The lowest BCUT2D eigenvalue weighted by Crippen LogP contribution is -2.24. The summed E-state index contributed by atoms with van der Waals surface area (Å²) in [4.78, 5) is 11.6. The number of halogens is 2. The largest absolute Gasteiger partial charge is 0.503 e. The number of aromatic hydroxyl groups is 2. The van der Waals surface area contributed by atoms with Crippen LogP contribution in [0.25, 0.3) is 0 Å². The molecule has 0 aromatic heterocycles. The molecule has 1 aromatic rings. The summed E-state index contributed by atoms with van der Waals surface area (Å²) in [6, 6.07) is 0.790. The summed E-state index contributed by atoms with van der Waals surface area (Å²) >= 11 is 5.64. The molecule has 0 unspecified atom stereocenters. The van der Waals surface area contributed by atoms with Crippen molar-refractivity contribution in [3.05, 3.63) is 22.5 Å². The van der Waals surface area contributed by atoms with Gasteiger partial charge in [-0.3, -0.25) is 4.79 Å². The topological polar surface area (TPSA) is 69.6 Å². The molecule has 0 bridgehead atoms. The molecular formula is C11H13ClFNO3. The maximum absolute atomic E-state index is 13.1. The van der Waals surface area contributed by atoms with Gasteiger partial charge in [-0.15, -0.1) is 0 Å². The van der Waals surface area contributed by atoms with Crippen molar-refractivity contribution in [2.45, 2.75) is 19.8 Å². The van der Waals surface area contributed by atoms with Gasteiger partial charge < -0.3 is 15.5 Å². The Kier molecular flexibility index (Phi) is 4.57. The standard InChI is InChI=1S/C11H13ClFNO3/c1-2-3-4-14-11(17)6-5-7(13)9(15)10(16)8(6)12/h5,15-16H,2-4H2,1H3,(H,14,17). The lowest BCUT2D eigenvalue weighted by atomic mass is 10.1. The van der Waals surface area contributed by atoms with E-state index in [1.54, 1.807) is 0 Å². The molecule has 17 heavy (non-hydrogen) atoms. The van der Waals surface area contributed by atoms with E-state index in [1.165, 1.54) is 0 Å². The number of phenols is 2. The lowest BCUT2D eigenvalue weighted by Gasteiger charge is -2.09. The second-order valence-corrected chi connectivity index (χ2v) is 3.90. The van der Waals surface area contributed by atoms with Crippen molar-refractivity contribution >= 4 is 17.5 Å². The van der Waals surface area contributed by atoms with Crippen LogP contribution in [0.4, 0.5) is 4.39 Å². The molecule has 0 saturated heterocycles. The highest BCUT2D eigenvalue weighted by Crippen LogP contribution is 2.37. The molecule has 0 aliphatic rings. The van der Waals surface area contributed by atoms with Gasteiger partial charge in [-0.1, -0.05) is 24.9 Å². The first kappa shape index (κ1) is 13.6. The molecule has 0 saturated carbocycles. The summed E-state index contributed by atoms with van der Waals surface area (Å²) in [5.41, 5.74) is -0.199. The van der Waals surface area contributed by atoms with Crippen molar-refractivity contribution in [2.24, 2.45) is 0 Å². The van der Waals surface area contributed by atoms with Gasteiger partial charge in [-0.2, -0.15) is 0 Å². The lowest BCUT2D eigenvalue weighted by molar-refractivity contribution is 0.0952. The fraction of sp³-hybridized carbons (Fsp3) is 0.364. The molecule has 0 aliphatic carbocycles. The van der Waals surface area contributed by atoms with Crippen LogP contribution in [0.5, 0.6) is 11.5 Å². The Hall–Kier alpha value is -1.49. The van der Waals surface area contributed by atoms with Crippen molar-refractivity contribution in [1.29, 1.82) is 0 Å². The minimum atomic E-state index is -1.09. The fourth-order valence-corrected chi connectivity index (χ4v) is 1.47. The van der Waals surface area contributed by atoms with E-state index in [0.717, 1.165) is 18.9 Å². The highest BCUT2D eigenvalue weighted by atomic mass is 35.5. The monoisotopic (exact) mass is 261 g/mol. The van der Waals surface area contributed by atoms with Gasteiger partial charge in [0.2, 0.25) is 0 Å². The number of carbonyl (C=O) groups is 1. The Balaban J connectivity index is 2.94. The average Bonchev–Trinajstić information content (AvgIpc) is 2.31. The first-order valence-electron chi connectivity index (χ1n) is 5.17. The van der Waals surface area contributed by atoms with Crippen molar-refractivity contribution in [1.82, 2.24) is 5.32 Å². The molecule has 0 heterocycles. The third-order valence-corrected chi connectivity index (χ3v) is 2.61. The van der Waals surface area contributed by atoms with Crippen LogP contribution < -0.4 is 5.32 Å². The Morgan fingerprint density at radius 3 is 2.71 bits per heavy atom. The average molecular weight is 262 g/mol. The Morgan fingerprint density at radius 1 is 1.47 bits per heavy atom. The Labute approximate surface area is 103 Å². The predicted octanol–water partition coefficient (Wildman–Crippen LogP) is 2.42. The molecule has 94 valence electrons. The summed E-state index contributed by atoms with van der Waals surface area (Å²) in [5.74, 6) is -3.46. The van der Waals surface area contributed by atoms with Crippen molar-refractivity contribution < 1.29 is 19.4 Å². The second-order valence-electron chi connectivity index (χ2n) is 3.53. The number of hydrogen-bond donors (Lipinski definition) is 3. The number of hydrogen-bond acceptors (Lipinski definition) is 3. The molecule has 6 heteroatoms. The van der Waals surface area contributed by atoms with Crippen LogP contribution in [-0.4, -0.2) is 22.7 Å². The Bertz CT molecular complexity index is 437. The minimum absolute atomic E-state index is 0.199. The number of amides is 1. The van der Waals surface area contributed by atoms with Crippen LogP contribution in [0.3, 0.4) is 0 Å². The van der Waals surface area contributed by atoms with Gasteiger partial charge in [-0.25, -0.2) is 4.39 Å². The van der Waals surface area contributed by atoms with E-state index in [2.05, 4.69) is 5.32 Å². The van der Waals surface area contributed by atoms with E-state index >= 15 is 0 Å². The number of benzene rings is 1. The molecule has 1 rings (SSSR count).